The second-order valence-corrected chi connectivity index (χ2v) is 6.94. The molecule has 1 saturated heterocycles. The summed E-state index contributed by atoms with van der Waals surface area (Å²) in [5, 5.41) is 8.90. The number of halogens is 3. The standard InChI is InChI=1S/C17H17F3N2OS/c1-16(2)8-4-3-5-14(24)22(15(16)23)12-7-6-11(10-21)13(9-12)17(18,19)20/h6-7,9H,3-5,8H2,1-2H3. The van der Waals surface area contributed by atoms with Crippen LogP contribution in [0.3, 0.4) is 0 Å². The van der Waals surface area contributed by atoms with Gasteiger partial charge < -0.3 is 0 Å². The Morgan fingerprint density at radius 2 is 1.96 bits per heavy atom. The SMILES string of the molecule is CC1(C)CCCCC(=S)N(c2ccc(C#N)c(C(F)(F)F)c2)C1=O. The Balaban J connectivity index is 2.57. The van der Waals surface area contributed by atoms with E-state index in [0.29, 0.717) is 17.8 Å². The first-order chi connectivity index (χ1) is 11.1. The quantitative estimate of drug-likeness (QED) is 0.678. The lowest BCUT2D eigenvalue weighted by molar-refractivity contribution is -0.137. The van der Waals surface area contributed by atoms with Gasteiger partial charge in [-0.3, -0.25) is 9.69 Å². The molecular formula is C17H17F3N2OS. The van der Waals surface area contributed by atoms with Gasteiger partial charge in [0.25, 0.3) is 0 Å². The Kier molecular flexibility index (Phi) is 5.00. The van der Waals surface area contributed by atoms with E-state index in [-0.39, 0.29) is 11.6 Å². The van der Waals surface area contributed by atoms with Crippen LogP contribution in [0.4, 0.5) is 18.9 Å². The topological polar surface area (TPSA) is 44.1 Å². The average molecular weight is 354 g/mol. The first kappa shape index (κ1) is 18.4. The van der Waals surface area contributed by atoms with Crippen LogP contribution in [0, 0.1) is 16.7 Å². The van der Waals surface area contributed by atoms with E-state index in [9.17, 15) is 18.0 Å². The van der Waals surface area contributed by atoms with Gasteiger partial charge in [-0.25, -0.2) is 0 Å². The lowest BCUT2D eigenvalue weighted by Crippen LogP contribution is -2.45. The second kappa shape index (κ2) is 6.52. The molecule has 0 bridgehead atoms. The zero-order chi connectivity index (χ0) is 18.1. The minimum Gasteiger partial charge on any atom is -0.274 e. The molecule has 1 amide bonds. The van der Waals surface area contributed by atoms with Crippen molar-refractivity contribution in [3.8, 4) is 6.07 Å². The molecule has 0 atom stereocenters. The van der Waals surface area contributed by atoms with Crippen LogP contribution >= 0.6 is 12.2 Å². The van der Waals surface area contributed by atoms with Crippen LogP contribution in [-0.2, 0) is 11.0 Å². The molecule has 2 rings (SSSR count). The molecule has 1 aliphatic heterocycles. The summed E-state index contributed by atoms with van der Waals surface area (Å²) in [5.41, 5.74) is -2.18. The first-order valence-corrected chi connectivity index (χ1v) is 7.97. The molecule has 1 aromatic carbocycles. The molecule has 1 aromatic rings. The van der Waals surface area contributed by atoms with E-state index in [1.165, 1.54) is 17.0 Å². The van der Waals surface area contributed by atoms with Crippen molar-refractivity contribution in [3.63, 3.8) is 0 Å². The highest BCUT2D eigenvalue weighted by Gasteiger charge is 2.38. The number of nitrogens with zero attached hydrogens (tertiary/aromatic N) is 2. The third kappa shape index (κ3) is 3.59. The smallest absolute Gasteiger partial charge is 0.274 e. The Labute approximate surface area is 144 Å². The molecule has 3 nitrogen and oxygen atoms in total. The maximum atomic E-state index is 13.2. The molecule has 0 radical (unpaired) electrons. The highest BCUT2D eigenvalue weighted by molar-refractivity contribution is 7.80. The van der Waals surface area contributed by atoms with Crippen LogP contribution < -0.4 is 4.90 Å². The van der Waals surface area contributed by atoms with Gasteiger partial charge in [-0.15, -0.1) is 0 Å². The highest BCUT2D eigenvalue weighted by Crippen LogP contribution is 2.37. The number of benzene rings is 1. The van der Waals surface area contributed by atoms with Crippen LogP contribution in [0.2, 0.25) is 0 Å². The highest BCUT2D eigenvalue weighted by atomic mass is 32.1. The molecule has 0 spiro atoms. The van der Waals surface area contributed by atoms with Crippen LogP contribution in [0.1, 0.15) is 50.7 Å². The number of carbonyl (C=O) groups is 1. The van der Waals surface area contributed by atoms with Gasteiger partial charge in [0.2, 0.25) is 5.91 Å². The van der Waals surface area contributed by atoms with Crippen molar-refractivity contribution in [1.82, 2.24) is 0 Å². The van der Waals surface area contributed by atoms with Crippen molar-refractivity contribution >= 4 is 28.8 Å². The predicted molar refractivity (Wildman–Crippen MR) is 88.5 cm³/mol. The summed E-state index contributed by atoms with van der Waals surface area (Å²) in [6.07, 6.45) is -1.93. The Hall–Kier alpha value is -1.94. The van der Waals surface area contributed by atoms with Gasteiger partial charge in [0.1, 0.15) is 0 Å². The van der Waals surface area contributed by atoms with Gasteiger partial charge in [-0.05, 0) is 37.5 Å². The third-order valence-corrected chi connectivity index (χ3v) is 4.55. The molecule has 0 saturated carbocycles. The van der Waals surface area contributed by atoms with Gasteiger partial charge in [0, 0.05) is 5.41 Å². The molecule has 128 valence electrons. The number of hydrogen-bond acceptors (Lipinski definition) is 3. The molecular weight excluding hydrogens is 337 g/mol. The Bertz CT molecular complexity index is 720. The number of thiocarbonyl (C=S) groups is 1. The van der Waals surface area contributed by atoms with Gasteiger partial charge in [-0.1, -0.05) is 32.5 Å². The summed E-state index contributed by atoms with van der Waals surface area (Å²) in [4.78, 5) is 14.3. The van der Waals surface area contributed by atoms with Crippen LogP contribution in [-0.4, -0.2) is 10.9 Å². The lowest BCUT2D eigenvalue weighted by atomic mass is 9.83. The number of alkyl halides is 3. The fraction of sp³-hybridized carbons (Fsp3) is 0.471. The Morgan fingerprint density at radius 1 is 1.29 bits per heavy atom. The van der Waals surface area contributed by atoms with E-state index in [0.717, 1.165) is 25.0 Å². The number of rotatable bonds is 1. The number of amides is 1. The van der Waals surface area contributed by atoms with Crippen molar-refractivity contribution in [1.29, 1.82) is 5.26 Å². The van der Waals surface area contributed by atoms with Crippen LogP contribution in [0.25, 0.3) is 0 Å². The fourth-order valence-corrected chi connectivity index (χ4v) is 3.08. The Morgan fingerprint density at radius 3 is 2.54 bits per heavy atom. The normalized spacial score (nSPS) is 18.8. The van der Waals surface area contributed by atoms with Gasteiger partial charge in [-0.2, -0.15) is 18.4 Å². The van der Waals surface area contributed by atoms with E-state index < -0.39 is 22.7 Å². The summed E-state index contributed by atoms with van der Waals surface area (Å²) in [5.74, 6) is -0.315. The van der Waals surface area contributed by atoms with Gasteiger partial charge in [0.05, 0.1) is 27.9 Å². The van der Waals surface area contributed by atoms with E-state index in [4.69, 9.17) is 17.5 Å². The largest absolute Gasteiger partial charge is 0.417 e. The lowest BCUT2D eigenvalue weighted by Gasteiger charge is -2.34. The average Bonchev–Trinajstić information content (AvgIpc) is 2.50. The zero-order valence-corrected chi connectivity index (χ0v) is 14.2. The monoisotopic (exact) mass is 354 g/mol. The predicted octanol–water partition coefficient (Wildman–Crippen LogP) is 4.84. The molecule has 1 heterocycles. The minimum absolute atomic E-state index is 0.0614. The maximum absolute atomic E-state index is 13.2. The molecule has 1 aliphatic rings. The number of carbonyl (C=O) groups excluding carboxylic acids is 1. The van der Waals surface area contributed by atoms with Crippen molar-refractivity contribution in [3.05, 3.63) is 29.3 Å². The van der Waals surface area contributed by atoms with Crippen molar-refractivity contribution < 1.29 is 18.0 Å². The zero-order valence-electron chi connectivity index (χ0n) is 13.4. The summed E-state index contributed by atoms with van der Waals surface area (Å²) >= 11 is 5.29. The fourth-order valence-electron chi connectivity index (χ4n) is 2.74. The number of hydrogen-bond donors (Lipinski definition) is 0. The maximum Gasteiger partial charge on any atom is 0.417 e. The molecule has 0 aromatic heterocycles. The molecule has 0 aliphatic carbocycles. The number of anilines is 1. The van der Waals surface area contributed by atoms with Crippen LogP contribution in [0.15, 0.2) is 18.2 Å². The molecule has 7 heteroatoms. The van der Waals surface area contributed by atoms with Crippen LogP contribution in [0.5, 0.6) is 0 Å². The van der Waals surface area contributed by atoms with E-state index in [2.05, 4.69) is 0 Å². The molecule has 0 N–H and O–H groups in total. The third-order valence-electron chi connectivity index (χ3n) is 4.16. The summed E-state index contributed by atoms with van der Waals surface area (Å²) in [6.45, 7) is 3.54. The minimum atomic E-state index is -4.68. The van der Waals surface area contributed by atoms with E-state index in [1.807, 2.05) is 0 Å². The van der Waals surface area contributed by atoms with Gasteiger partial charge >= 0.3 is 6.18 Å². The molecule has 1 fully saturated rings. The molecule has 0 unspecified atom stereocenters. The summed E-state index contributed by atoms with van der Waals surface area (Å²) in [6, 6.07) is 4.80. The summed E-state index contributed by atoms with van der Waals surface area (Å²) < 4.78 is 39.6. The van der Waals surface area contributed by atoms with Crippen molar-refractivity contribution in [2.45, 2.75) is 45.7 Å². The van der Waals surface area contributed by atoms with Gasteiger partial charge in [0.15, 0.2) is 0 Å². The van der Waals surface area contributed by atoms with E-state index >= 15 is 0 Å². The second-order valence-electron chi connectivity index (χ2n) is 6.46. The van der Waals surface area contributed by atoms with Crippen molar-refractivity contribution in [2.75, 3.05) is 4.90 Å². The van der Waals surface area contributed by atoms with Crippen molar-refractivity contribution in [2.24, 2.45) is 5.41 Å². The number of nitriles is 1. The molecule has 24 heavy (non-hydrogen) atoms. The first-order valence-electron chi connectivity index (χ1n) is 7.56. The van der Waals surface area contributed by atoms with E-state index in [1.54, 1.807) is 13.8 Å². The summed E-state index contributed by atoms with van der Waals surface area (Å²) in [7, 11) is 0.